The maximum absolute atomic E-state index is 12.4. The summed E-state index contributed by atoms with van der Waals surface area (Å²) in [7, 11) is 0. The molecule has 3 rings (SSSR count). The third-order valence-electron chi connectivity index (χ3n) is 4.33. The van der Waals surface area contributed by atoms with Crippen molar-refractivity contribution in [3.8, 4) is 5.75 Å². The number of hydrazone groups is 1. The Labute approximate surface area is 183 Å². The Morgan fingerprint density at radius 1 is 1.03 bits per heavy atom. The Bertz CT molecular complexity index is 1140. The summed E-state index contributed by atoms with van der Waals surface area (Å²) < 4.78 is 5.38. The topological polar surface area (TPSA) is 123 Å². The summed E-state index contributed by atoms with van der Waals surface area (Å²) in [5.74, 6) is -0.791. The number of nitrogens with zero attached hydrogens (tertiary/aromatic N) is 2. The molecule has 0 aliphatic heterocycles. The van der Waals surface area contributed by atoms with E-state index < -0.39 is 10.9 Å². The van der Waals surface area contributed by atoms with Crippen LogP contribution in [0.1, 0.15) is 21.5 Å². The highest BCUT2D eigenvalue weighted by Crippen LogP contribution is 2.19. The van der Waals surface area contributed by atoms with Crippen LogP contribution >= 0.6 is 0 Å². The number of nitrogens with one attached hydrogen (secondary N) is 2. The van der Waals surface area contributed by atoms with Crippen LogP contribution in [0, 0.1) is 17.0 Å². The average molecular weight is 432 g/mol. The molecule has 0 aromatic heterocycles. The van der Waals surface area contributed by atoms with E-state index in [-0.39, 0.29) is 29.5 Å². The summed E-state index contributed by atoms with van der Waals surface area (Å²) in [4.78, 5) is 34.5. The molecule has 9 nitrogen and oxygen atoms in total. The number of nitro groups is 1. The van der Waals surface area contributed by atoms with Gasteiger partial charge in [-0.25, -0.2) is 10.2 Å². The number of aryl methyl sites for hydroxylation is 1. The van der Waals surface area contributed by atoms with Crippen LogP contribution in [0.15, 0.2) is 77.9 Å². The number of benzene rings is 3. The summed E-state index contributed by atoms with van der Waals surface area (Å²) in [6, 6.07) is 19.4. The van der Waals surface area contributed by atoms with Crippen molar-refractivity contribution in [3.63, 3.8) is 0 Å². The highest BCUT2D eigenvalue weighted by atomic mass is 16.6. The molecule has 0 atom stereocenters. The predicted molar refractivity (Wildman–Crippen MR) is 120 cm³/mol. The Kier molecular flexibility index (Phi) is 7.26. The van der Waals surface area contributed by atoms with Gasteiger partial charge in [0.15, 0.2) is 0 Å². The number of nitro benzene ring substituents is 1. The fraction of sp³-hybridized carbons (Fsp3) is 0.0870. The number of hydrogen-bond acceptors (Lipinski definition) is 7. The van der Waals surface area contributed by atoms with Gasteiger partial charge in [0.05, 0.1) is 23.2 Å². The summed E-state index contributed by atoms with van der Waals surface area (Å²) in [6.45, 7) is 2.02. The van der Waals surface area contributed by atoms with E-state index in [1.54, 1.807) is 24.3 Å². The van der Waals surface area contributed by atoms with Gasteiger partial charge in [-0.1, -0.05) is 29.8 Å². The van der Waals surface area contributed by atoms with Crippen LogP contribution in [-0.4, -0.2) is 29.6 Å². The van der Waals surface area contributed by atoms with Crippen LogP contribution in [-0.2, 0) is 4.79 Å². The third-order valence-corrected chi connectivity index (χ3v) is 4.33. The lowest BCUT2D eigenvalue weighted by Crippen LogP contribution is -2.25. The van der Waals surface area contributed by atoms with Crippen molar-refractivity contribution in [2.24, 2.45) is 5.10 Å². The van der Waals surface area contributed by atoms with Crippen LogP contribution < -0.4 is 15.5 Å². The summed E-state index contributed by atoms with van der Waals surface area (Å²) in [6.07, 6.45) is 1.36. The van der Waals surface area contributed by atoms with Crippen molar-refractivity contribution in [2.45, 2.75) is 6.92 Å². The lowest BCUT2D eigenvalue weighted by atomic mass is 10.2. The largest absolute Gasteiger partial charge is 0.422 e. The standard InChI is InChI=1S/C23H20N4O5/c1-16-6-10-19(11-7-16)24-15-22(28)26-25-14-18-4-2-3-5-21(18)32-23(29)17-8-12-20(13-9-17)27(30)31/h2-14,24H,15H2,1H3,(H,26,28). The average Bonchev–Trinajstić information content (AvgIpc) is 2.80. The van der Waals surface area contributed by atoms with Gasteiger partial charge >= 0.3 is 5.97 Å². The molecule has 0 fully saturated rings. The van der Waals surface area contributed by atoms with Gasteiger partial charge in [0.1, 0.15) is 5.75 Å². The number of carbonyl (C=O) groups is 2. The highest BCUT2D eigenvalue weighted by Gasteiger charge is 2.13. The van der Waals surface area contributed by atoms with Gasteiger partial charge < -0.3 is 10.1 Å². The first kappa shape index (κ1) is 22.2. The molecule has 0 saturated carbocycles. The number of carbonyl (C=O) groups excluding carboxylic acids is 2. The first-order valence-corrected chi connectivity index (χ1v) is 9.60. The van der Waals surface area contributed by atoms with E-state index >= 15 is 0 Å². The minimum absolute atomic E-state index is 0.0389. The van der Waals surface area contributed by atoms with Crippen molar-refractivity contribution >= 4 is 29.5 Å². The smallest absolute Gasteiger partial charge is 0.343 e. The molecule has 0 unspecified atom stereocenters. The molecule has 0 spiro atoms. The fourth-order valence-electron chi connectivity index (χ4n) is 2.63. The molecule has 1 amide bonds. The molecule has 3 aromatic rings. The van der Waals surface area contributed by atoms with Gasteiger partial charge in [0, 0.05) is 23.4 Å². The SMILES string of the molecule is Cc1ccc(NCC(=O)NN=Cc2ccccc2OC(=O)c2ccc([N+](=O)[O-])cc2)cc1. The molecule has 32 heavy (non-hydrogen) atoms. The van der Waals surface area contributed by atoms with Gasteiger partial charge in [-0.3, -0.25) is 14.9 Å². The van der Waals surface area contributed by atoms with Crippen LogP contribution in [0.3, 0.4) is 0 Å². The second kappa shape index (κ2) is 10.5. The molecular formula is C23H20N4O5. The molecular weight excluding hydrogens is 412 g/mol. The third kappa shape index (κ3) is 6.23. The van der Waals surface area contributed by atoms with Crippen molar-refractivity contribution in [1.29, 1.82) is 0 Å². The van der Waals surface area contributed by atoms with Crippen LogP contribution in [0.2, 0.25) is 0 Å². The molecule has 2 N–H and O–H groups in total. The summed E-state index contributed by atoms with van der Waals surface area (Å²) >= 11 is 0. The number of non-ortho nitro benzene ring substituents is 1. The van der Waals surface area contributed by atoms with Crippen LogP contribution in [0.25, 0.3) is 0 Å². The van der Waals surface area contributed by atoms with Crippen molar-refractivity contribution in [2.75, 3.05) is 11.9 Å². The fourth-order valence-corrected chi connectivity index (χ4v) is 2.63. The molecule has 0 bridgehead atoms. The first-order chi connectivity index (χ1) is 15.4. The number of anilines is 1. The maximum Gasteiger partial charge on any atom is 0.343 e. The van der Waals surface area contributed by atoms with Gasteiger partial charge in [0.25, 0.3) is 11.6 Å². The lowest BCUT2D eigenvalue weighted by molar-refractivity contribution is -0.384. The van der Waals surface area contributed by atoms with Crippen molar-refractivity contribution < 1.29 is 19.2 Å². The minimum Gasteiger partial charge on any atom is -0.422 e. The molecule has 0 heterocycles. The maximum atomic E-state index is 12.4. The molecule has 0 aliphatic rings. The Morgan fingerprint density at radius 2 is 1.72 bits per heavy atom. The highest BCUT2D eigenvalue weighted by molar-refractivity contribution is 5.93. The number of para-hydroxylation sites is 1. The summed E-state index contributed by atoms with van der Waals surface area (Å²) in [5, 5.41) is 17.6. The van der Waals surface area contributed by atoms with Gasteiger partial charge in [-0.2, -0.15) is 5.10 Å². The van der Waals surface area contributed by atoms with Gasteiger partial charge in [-0.15, -0.1) is 0 Å². The predicted octanol–water partition coefficient (Wildman–Crippen LogP) is 3.68. The molecule has 9 heteroatoms. The molecule has 3 aromatic carbocycles. The molecule has 0 radical (unpaired) electrons. The number of hydrogen-bond donors (Lipinski definition) is 2. The van der Waals surface area contributed by atoms with E-state index in [1.807, 2.05) is 31.2 Å². The van der Waals surface area contributed by atoms with Crippen molar-refractivity contribution in [3.05, 3.63) is 99.6 Å². The van der Waals surface area contributed by atoms with E-state index in [0.29, 0.717) is 5.56 Å². The molecule has 162 valence electrons. The van der Waals surface area contributed by atoms with Crippen LogP contribution in [0.4, 0.5) is 11.4 Å². The van der Waals surface area contributed by atoms with Crippen LogP contribution in [0.5, 0.6) is 5.75 Å². The van der Waals surface area contributed by atoms with E-state index in [4.69, 9.17) is 4.74 Å². The zero-order chi connectivity index (χ0) is 22.9. The Morgan fingerprint density at radius 3 is 2.41 bits per heavy atom. The van der Waals surface area contributed by atoms with E-state index in [0.717, 1.165) is 11.3 Å². The lowest BCUT2D eigenvalue weighted by Gasteiger charge is -2.07. The second-order valence-corrected chi connectivity index (χ2v) is 6.74. The zero-order valence-electron chi connectivity index (χ0n) is 17.1. The van der Waals surface area contributed by atoms with Crippen molar-refractivity contribution in [1.82, 2.24) is 5.43 Å². The minimum atomic E-state index is -0.674. The number of rotatable bonds is 8. The Balaban J connectivity index is 1.57. The first-order valence-electron chi connectivity index (χ1n) is 9.60. The van der Waals surface area contributed by atoms with E-state index in [1.165, 1.54) is 30.5 Å². The van der Waals surface area contributed by atoms with E-state index in [2.05, 4.69) is 15.8 Å². The molecule has 0 aliphatic carbocycles. The zero-order valence-corrected chi connectivity index (χ0v) is 17.1. The summed E-state index contributed by atoms with van der Waals surface area (Å²) in [5.41, 5.74) is 4.85. The Hall–Kier alpha value is -4.53. The number of ether oxygens (including phenoxy) is 1. The number of esters is 1. The normalized spacial score (nSPS) is 10.5. The monoisotopic (exact) mass is 432 g/mol. The number of amides is 1. The van der Waals surface area contributed by atoms with Gasteiger partial charge in [-0.05, 0) is 43.3 Å². The quantitative estimate of drug-likeness (QED) is 0.184. The van der Waals surface area contributed by atoms with Gasteiger partial charge in [0.2, 0.25) is 0 Å². The molecule has 0 saturated heterocycles. The second-order valence-electron chi connectivity index (χ2n) is 6.74. The van der Waals surface area contributed by atoms with E-state index in [9.17, 15) is 19.7 Å².